The summed E-state index contributed by atoms with van der Waals surface area (Å²) >= 11 is 9.29. The summed E-state index contributed by atoms with van der Waals surface area (Å²) in [7, 11) is 0. The summed E-state index contributed by atoms with van der Waals surface area (Å²) in [6.07, 6.45) is 0. The zero-order valence-corrected chi connectivity index (χ0v) is 12.0. The van der Waals surface area contributed by atoms with Gasteiger partial charge in [-0.2, -0.15) is 0 Å². The maximum Gasteiger partial charge on any atom is 0.134 e. The Balaban J connectivity index is 2.02. The number of hydrogen-bond donors (Lipinski definition) is 1. The fourth-order valence-corrected chi connectivity index (χ4v) is 2.32. The van der Waals surface area contributed by atoms with Crippen molar-refractivity contribution in [1.82, 2.24) is 0 Å². The van der Waals surface area contributed by atoms with E-state index in [-0.39, 0.29) is 0 Å². The lowest BCUT2D eigenvalue weighted by molar-refractivity contribution is 0.304. The molecule has 18 heavy (non-hydrogen) atoms. The van der Waals surface area contributed by atoms with Crippen molar-refractivity contribution < 1.29 is 4.74 Å². The molecule has 0 saturated heterocycles. The highest BCUT2D eigenvalue weighted by atomic mass is 79.9. The van der Waals surface area contributed by atoms with Crippen molar-refractivity contribution in [2.75, 3.05) is 0 Å². The molecule has 0 saturated carbocycles. The molecule has 0 radical (unpaired) electrons. The molecule has 0 aliphatic carbocycles. The van der Waals surface area contributed by atoms with Gasteiger partial charge in [-0.1, -0.05) is 35.9 Å². The molecule has 0 unspecified atom stereocenters. The average Bonchev–Trinajstić information content (AvgIpc) is 2.38. The van der Waals surface area contributed by atoms with Crippen LogP contribution < -0.4 is 10.5 Å². The molecule has 0 heterocycles. The van der Waals surface area contributed by atoms with E-state index in [1.54, 1.807) is 6.07 Å². The molecule has 2 aromatic carbocycles. The first-order valence-electron chi connectivity index (χ1n) is 5.55. The molecule has 4 heteroatoms. The predicted octanol–water partition coefficient (Wildman–Crippen LogP) is 4.14. The number of nitrogens with two attached hydrogens (primary N) is 1. The van der Waals surface area contributed by atoms with Crippen LogP contribution in [0.3, 0.4) is 0 Å². The third-order valence-corrected chi connectivity index (χ3v) is 3.40. The van der Waals surface area contributed by atoms with E-state index in [0.29, 0.717) is 18.2 Å². The van der Waals surface area contributed by atoms with Gasteiger partial charge in [0.1, 0.15) is 12.4 Å². The quantitative estimate of drug-likeness (QED) is 0.916. The highest BCUT2D eigenvalue weighted by molar-refractivity contribution is 9.10. The first-order valence-corrected chi connectivity index (χ1v) is 6.72. The molecular formula is C14H13BrClNO. The predicted molar refractivity (Wildman–Crippen MR) is 77.8 cm³/mol. The largest absolute Gasteiger partial charge is 0.488 e. The Kier molecular flexibility index (Phi) is 4.64. The van der Waals surface area contributed by atoms with Crippen LogP contribution in [-0.4, -0.2) is 0 Å². The molecular weight excluding hydrogens is 314 g/mol. The van der Waals surface area contributed by atoms with Gasteiger partial charge in [0.15, 0.2) is 0 Å². The summed E-state index contributed by atoms with van der Waals surface area (Å²) < 4.78 is 6.57. The van der Waals surface area contributed by atoms with Gasteiger partial charge in [-0.15, -0.1) is 0 Å². The van der Waals surface area contributed by atoms with Crippen molar-refractivity contribution >= 4 is 27.5 Å². The lowest BCUT2D eigenvalue weighted by Crippen LogP contribution is -1.98. The molecule has 0 aliphatic rings. The van der Waals surface area contributed by atoms with Crippen molar-refractivity contribution in [3.05, 3.63) is 63.1 Å². The Hall–Kier alpha value is -1.03. The highest BCUT2D eigenvalue weighted by Gasteiger charge is 2.02. The normalized spacial score (nSPS) is 10.4. The third-order valence-electron chi connectivity index (χ3n) is 2.55. The molecule has 0 aromatic heterocycles. The zero-order chi connectivity index (χ0) is 13.0. The topological polar surface area (TPSA) is 35.2 Å². The molecule has 0 bridgehead atoms. The molecule has 2 rings (SSSR count). The van der Waals surface area contributed by atoms with E-state index in [4.69, 9.17) is 22.1 Å². The summed E-state index contributed by atoms with van der Waals surface area (Å²) in [5.74, 6) is 0.780. The van der Waals surface area contributed by atoms with Crippen LogP contribution in [0.15, 0.2) is 46.9 Å². The molecule has 0 fully saturated rings. The van der Waals surface area contributed by atoms with Gasteiger partial charge in [0.2, 0.25) is 0 Å². The first kappa shape index (κ1) is 13.4. The van der Waals surface area contributed by atoms with Crippen LogP contribution >= 0.6 is 27.5 Å². The van der Waals surface area contributed by atoms with E-state index in [2.05, 4.69) is 15.9 Å². The molecule has 2 nitrogen and oxygen atoms in total. The minimum absolute atomic E-state index is 0.519. The van der Waals surface area contributed by atoms with Crippen LogP contribution in [0.1, 0.15) is 11.1 Å². The Morgan fingerprint density at radius 1 is 1.06 bits per heavy atom. The van der Waals surface area contributed by atoms with Gasteiger partial charge in [0, 0.05) is 11.6 Å². The van der Waals surface area contributed by atoms with Crippen molar-refractivity contribution in [2.45, 2.75) is 13.2 Å². The molecule has 2 N–H and O–H groups in total. The zero-order valence-electron chi connectivity index (χ0n) is 9.70. The maximum absolute atomic E-state index is 5.87. The molecule has 2 aromatic rings. The van der Waals surface area contributed by atoms with Gasteiger partial charge in [-0.3, -0.25) is 0 Å². The second-order valence-corrected chi connectivity index (χ2v) is 5.17. The Labute approximate surface area is 120 Å². The lowest BCUT2D eigenvalue weighted by Gasteiger charge is -2.09. The van der Waals surface area contributed by atoms with E-state index >= 15 is 0 Å². The fraction of sp³-hybridized carbons (Fsp3) is 0.143. The number of benzene rings is 2. The Morgan fingerprint density at radius 2 is 1.72 bits per heavy atom. The highest BCUT2D eigenvalue weighted by Crippen LogP contribution is 2.28. The summed E-state index contributed by atoms with van der Waals surface area (Å²) in [4.78, 5) is 0. The van der Waals surface area contributed by atoms with Crippen molar-refractivity contribution in [3.8, 4) is 5.75 Å². The van der Waals surface area contributed by atoms with Crippen molar-refractivity contribution in [3.63, 3.8) is 0 Å². The number of ether oxygens (including phenoxy) is 1. The smallest absolute Gasteiger partial charge is 0.134 e. The summed E-state index contributed by atoms with van der Waals surface area (Å²) in [6.45, 7) is 1.08. The van der Waals surface area contributed by atoms with Gasteiger partial charge in [-0.05, 0) is 45.3 Å². The number of halogens is 2. The van der Waals surface area contributed by atoms with E-state index in [9.17, 15) is 0 Å². The van der Waals surface area contributed by atoms with Crippen LogP contribution in [0.5, 0.6) is 5.75 Å². The molecule has 0 atom stereocenters. The second-order valence-electron chi connectivity index (χ2n) is 3.88. The van der Waals surface area contributed by atoms with Crippen molar-refractivity contribution in [1.29, 1.82) is 0 Å². The molecule has 94 valence electrons. The van der Waals surface area contributed by atoms with Gasteiger partial charge in [-0.25, -0.2) is 0 Å². The minimum Gasteiger partial charge on any atom is -0.488 e. The number of rotatable bonds is 4. The van der Waals surface area contributed by atoms with E-state index in [0.717, 1.165) is 21.3 Å². The van der Waals surface area contributed by atoms with Crippen LogP contribution in [0.4, 0.5) is 0 Å². The number of hydrogen-bond acceptors (Lipinski definition) is 2. The summed E-state index contributed by atoms with van der Waals surface area (Å²) in [5.41, 5.74) is 7.77. The Morgan fingerprint density at radius 3 is 2.33 bits per heavy atom. The Bertz CT molecular complexity index is 528. The third kappa shape index (κ3) is 3.48. The van der Waals surface area contributed by atoms with Crippen molar-refractivity contribution in [2.24, 2.45) is 5.73 Å². The molecule has 0 amide bonds. The minimum atomic E-state index is 0.519. The maximum atomic E-state index is 5.87. The van der Waals surface area contributed by atoms with Crippen LogP contribution in [0.2, 0.25) is 5.02 Å². The fourth-order valence-electron chi connectivity index (χ4n) is 1.52. The van der Waals surface area contributed by atoms with Gasteiger partial charge in [0.05, 0.1) is 4.47 Å². The molecule has 0 spiro atoms. The monoisotopic (exact) mass is 325 g/mol. The van der Waals surface area contributed by atoms with E-state index < -0.39 is 0 Å². The second kappa shape index (κ2) is 6.23. The van der Waals surface area contributed by atoms with E-state index in [1.807, 2.05) is 36.4 Å². The summed E-state index contributed by atoms with van der Waals surface area (Å²) in [6, 6.07) is 13.5. The summed E-state index contributed by atoms with van der Waals surface area (Å²) in [5, 5.41) is 0.682. The molecule has 0 aliphatic heterocycles. The SMILES string of the molecule is NCc1ccc(COc2ccc(Cl)cc2Br)cc1. The lowest BCUT2D eigenvalue weighted by atomic mass is 10.1. The van der Waals surface area contributed by atoms with Crippen LogP contribution in [0.25, 0.3) is 0 Å². The standard InChI is InChI=1S/C14H13BrClNO/c15-13-7-12(16)5-6-14(13)18-9-11-3-1-10(8-17)2-4-11/h1-7H,8-9,17H2. The average molecular weight is 327 g/mol. The van der Waals surface area contributed by atoms with Gasteiger partial charge in [0.25, 0.3) is 0 Å². The van der Waals surface area contributed by atoms with Crippen LogP contribution in [0, 0.1) is 0 Å². The first-order chi connectivity index (χ1) is 8.69. The van der Waals surface area contributed by atoms with Crippen LogP contribution in [-0.2, 0) is 13.2 Å². The van der Waals surface area contributed by atoms with Gasteiger partial charge < -0.3 is 10.5 Å². The van der Waals surface area contributed by atoms with E-state index in [1.165, 1.54) is 0 Å². The van der Waals surface area contributed by atoms with Gasteiger partial charge >= 0.3 is 0 Å².